The number of benzene rings is 3. The second kappa shape index (κ2) is 8.50. The van der Waals surface area contributed by atoms with E-state index >= 15 is 0 Å². The van der Waals surface area contributed by atoms with Gasteiger partial charge in [0.2, 0.25) is 11.7 Å². The first-order valence-corrected chi connectivity index (χ1v) is 9.44. The normalized spacial score (nSPS) is 10.5. The van der Waals surface area contributed by atoms with Gasteiger partial charge in [-0.05, 0) is 30.3 Å². The Morgan fingerprint density at radius 3 is 2.29 bits per heavy atom. The average Bonchev–Trinajstić information content (AvgIpc) is 3.26. The van der Waals surface area contributed by atoms with Crippen molar-refractivity contribution in [1.82, 2.24) is 14.8 Å². The SMILES string of the molecule is COc1ccc(C(N)=O)cc1NC(=O)c1nc(-c2ccccc2)n(-c2ccccc2)n1. The first-order chi connectivity index (χ1) is 15.1. The van der Waals surface area contributed by atoms with Gasteiger partial charge in [0, 0.05) is 11.1 Å². The number of hydrogen-bond donors (Lipinski definition) is 2. The van der Waals surface area contributed by atoms with Crippen LogP contribution in [0.4, 0.5) is 5.69 Å². The van der Waals surface area contributed by atoms with Gasteiger partial charge in [-0.15, -0.1) is 5.10 Å². The van der Waals surface area contributed by atoms with Gasteiger partial charge < -0.3 is 15.8 Å². The smallest absolute Gasteiger partial charge is 0.295 e. The Hall–Kier alpha value is -4.46. The zero-order valence-electron chi connectivity index (χ0n) is 16.6. The van der Waals surface area contributed by atoms with E-state index in [0.717, 1.165) is 11.3 Å². The summed E-state index contributed by atoms with van der Waals surface area (Å²) in [6, 6.07) is 23.4. The fourth-order valence-electron chi connectivity index (χ4n) is 3.07. The van der Waals surface area contributed by atoms with Crippen molar-refractivity contribution < 1.29 is 14.3 Å². The van der Waals surface area contributed by atoms with Gasteiger partial charge in [-0.2, -0.15) is 0 Å². The van der Waals surface area contributed by atoms with E-state index in [1.54, 1.807) is 10.7 Å². The molecule has 0 aliphatic heterocycles. The van der Waals surface area contributed by atoms with Crippen LogP contribution in [0.2, 0.25) is 0 Å². The van der Waals surface area contributed by atoms with Crippen LogP contribution in [0.15, 0.2) is 78.9 Å². The van der Waals surface area contributed by atoms with Crippen molar-refractivity contribution in [2.75, 3.05) is 12.4 Å². The lowest BCUT2D eigenvalue weighted by Crippen LogP contribution is -2.16. The summed E-state index contributed by atoms with van der Waals surface area (Å²) in [7, 11) is 1.46. The first kappa shape index (κ1) is 19.8. The summed E-state index contributed by atoms with van der Waals surface area (Å²) < 4.78 is 6.88. The number of nitrogens with one attached hydrogen (secondary N) is 1. The van der Waals surface area contributed by atoms with Gasteiger partial charge in [-0.25, -0.2) is 9.67 Å². The largest absolute Gasteiger partial charge is 0.495 e. The molecule has 0 aliphatic rings. The molecule has 0 spiro atoms. The standard InChI is InChI=1S/C23H19N5O3/c1-31-19-13-12-16(20(24)29)14-18(19)25-23(30)21-26-22(15-8-4-2-5-9-15)28(27-21)17-10-6-3-7-11-17/h2-14H,1H3,(H2,24,29)(H,25,30). The molecule has 0 saturated heterocycles. The van der Waals surface area contributed by atoms with E-state index in [-0.39, 0.29) is 11.4 Å². The maximum atomic E-state index is 13.0. The van der Waals surface area contributed by atoms with Crippen molar-refractivity contribution in [3.8, 4) is 22.8 Å². The molecule has 0 radical (unpaired) electrons. The quantitative estimate of drug-likeness (QED) is 0.504. The van der Waals surface area contributed by atoms with Crippen LogP contribution in [0.25, 0.3) is 17.1 Å². The summed E-state index contributed by atoms with van der Waals surface area (Å²) >= 11 is 0. The molecule has 3 aromatic carbocycles. The number of aromatic nitrogens is 3. The number of para-hydroxylation sites is 1. The molecule has 8 nitrogen and oxygen atoms in total. The van der Waals surface area contributed by atoms with E-state index in [4.69, 9.17) is 10.5 Å². The lowest BCUT2D eigenvalue weighted by molar-refractivity contribution is 0.0994. The Morgan fingerprint density at radius 1 is 0.968 bits per heavy atom. The van der Waals surface area contributed by atoms with Gasteiger partial charge in [-0.3, -0.25) is 9.59 Å². The van der Waals surface area contributed by atoms with Crippen molar-refractivity contribution in [2.45, 2.75) is 0 Å². The number of anilines is 1. The summed E-state index contributed by atoms with van der Waals surface area (Å²) in [6.45, 7) is 0. The number of nitrogens with two attached hydrogens (primary N) is 1. The third-order valence-corrected chi connectivity index (χ3v) is 4.58. The number of carbonyl (C=O) groups is 2. The molecular formula is C23H19N5O3. The number of hydrogen-bond acceptors (Lipinski definition) is 5. The molecule has 4 aromatic rings. The summed E-state index contributed by atoms with van der Waals surface area (Å²) in [5.41, 5.74) is 7.46. The minimum atomic E-state index is -0.615. The molecule has 8 heteroatoms. The number of rotatable bonds is 6. The van der Waals surface area contributed by atoms with Crippen LogP contribution in [0, 0.1) is 0 Å². The van der Waals surface area contributed by atoms with E-state index in [9.17, 15) is 9.59 Å². The van der Waals surface area contributed by atoms with E-state index in [0.29, 0.717) is 17.3 Å². The third kappa shape index (κ3) is 4.13. The minimum absolute atomic E-state index is 0.0331. The molecule has 4 rings (SSSR count). The van der Waals surface area contributed by atoms with Gasteiger partial charge in [0.1, 0.15) is 5.75 Å². The van der Waals surface area contributed by atoms with Crippen LogP contribution in [-0.2, 0) is 0 Å². The second-order valence-corrected chi connectivity index (χ2v) is 6.61. The van der Waals surface area contributed by atoms with Crippen molar-refractivity contribution in [2.24, 2.45) is 5.73 Å². The zero-order valence-corrected chi connectivity index (χ0v) is 16.6. The van der Waals surface area contributed by atoms with Crippen molar-refractivity contribution in [3.63, 3.8) is 0 Å². The summed E-state index contributed by atoms with van der Waals surface area (Å²) in [4.78, 5) is 29.0. The van der Waals surface area contributed by atoms with Crippen molar-refractivity contribution >= 4 is 17.5 Å². The lowest BCUT2D eigenvalue weighted by atomic mass is 10.1. The lowest BCUT2D eigenvalue weighted by Gasteiger charge is -2.10. The molecule has 0 saturated carbocycles. The molecule has 2 amide bonds. The number of ether oxygens (including phenoxy) is 1. The van der Waals surface area contributed by atoms with Crippen LogP contribution in [0.5, 0.6) is 5.75 Å². The molecular weight excluding hydrogens is 394 g/mol. The molecule has 0 aliphatic carbocycles. The maximum absolute atomic E-state index is 13.0. The van der Waals surface area contributed by atoms with Gasteiger partial charge in [0.05, 0.1) is 18.5 Å². The predicted molar refractivity (Wildman–Crippen MR) is 116 cm³/mol. The maximum Gasteiger partial charge on any atom is 0.295 e. The topological polar surface area (TPSA) is 112 Å². The fraction of sp³-hybridized carbons (Fsp3) is 0.0435. The molecule has 154 valence electrons. The number of methoxy groups -OCH3 is 1. The Morgan fingerprint density at radius 2 is 1.65 bits per heavy atom. The predicted octanol–water partition coefficient (Wildman–Crippen LogP) is 3.29. The Labute approximate surface area is 178 Å². The summed E-state index contributed by atoms with van der Waals surface area (Å²) in [5.74, 6) is -0.295. The average molecular weight is 413 g/mol. The van der Waals surface area contributed by atoms with Crippen molar-refractivity contribution in [1.29, 1.82) is 0 Å². The summed E-state index contributed by atoms with van der Waals surface area (Å²) in [5, 5.41) is 7.13. The molecule has 0 bridgehead atoms. The van der Waals surface area contributed by atoms with Crippen LogP contribution in [0.1, 0.15) is 21.0 Å². The van der Waals surface area contributed by atoms with Crippen LogP contribution >= 0.6 is 0 Å². The highest BCUT2D eigenvalue weighted by atomic mass is 16.5. The van der Waals surface area contributed by atoms with Crippen LogP contribution in [-0.4, -0.2) is 33.7 Å². The highest BCUT2D eigenvalue weighted by Crippen LogP contribution is 2.26. The fourth-order valence-corrected chi connectivity index (χ4v) is 3.07. The number of carbonyl (C=O) groups excluding carboxylic acids is 2. The Kier molecular flexibility index (Phi) is 5.44. The second-order valence-electron chi connectivity index (χ2n) is 6.61. The molecule has 0 fully saturated rings. The molecule has 1 aromatic heterocycles. The third-order valence-electron chi connectivity index (χ3n) is 4.58. The number of amides is 2. The van der Waals surface area contributed by atoms with E-state index in [1.807, 2.05) is 60.7 Å². The zero-order chi connectivity index (χ0) is 21.8. The van der Waals surface area contributed by atoms with Gasteiger partial charge in [0.25, 0.3) is 5.91 Å². The van der Waals surface area contributed by atoms with E-state index in [1.165, 1.54) is 19.2 Å². The van der Waals surface area contributed by atoms with Gasteiger partial charge >= 0.3 is 0 Å². The first-order valence-electron chi connectivity index (χ1n) is 9.44. The molecule has 0 atom stereocenters. The van der Waals surface area contributed by atoms with Crippen LogP contribution < -0.4 is 15.8 Å². The minimum Gasteiger partial charge on any atom is -0.495 e. The Bertz CT molecular complexity index is 1180. The van der Waals surface area contributed by atoms with Crippen molar-refractivity contribution in [3.05, 3.63) is 90.3 Å². The van der Waals surface area contributed by atoms with Gasteiger partial charge in [0.15, 0.2) is 5.82 Å². The van der Waals surface area contributed by atoms with E-state index in [2.05, 4.69) is 15.4 Å². The van der Waals surface area contributed by atoms with Gasteiger partial charge in [-0.1, -0.05) is 48.5 Å². The highest BCUT2D eigenvalue weighted by molar-refractivity contribution is 6.04. The monoisotopic (exact) mass is 413 g/mol. The van der Waals surface area contributed by atoms with Crippen LogP contribution in [0.3, 0.4) is 0 Å². The number of nitrogens with zero attached hydrogens (tertiary/aromatic N) is 3. The molecule has 1 heterocycles. The Balaban J connectivity index is 1.74. The summed E-state index contributed by atoms with van der Waals surface area (Å²) in [6.07, 6.45) is 0. The highest BCUT2D eigenvalue weighted by Gasteiger charge is 2.20. The molecule has 0 unspecified atom stereocenters. The molecule has 31 heavy (non-hydrogen) atoms. The number of primary amides is 1. The molecule has 3 N–H and O–H groups in total. The van der Waals surface area contributed by atoms with E-state index < -0.39 is 11.8 Å².